The first-order chi connectivity index (χ1) is 10.2. The zero-order valence-electron chi connectivity index (χ0n) is 12.4. The number of hydrogen-bond donors (Lipinski definition) is 1. The van der Waals surface area contributed by atoms with E-state index in [0.717, 1.165) is 29.2 Å². The van der Waals surface area contributed by atoms with Crippen molar-refractivity contribution in [3.05, 3.63) is 58.9 Å². The Kier molecular flexibility index (Phi) is 4.91. The van der Waals surface area contributed by atoms with Gasteiger partial charge in [-0.05, 0) is 43.7 Å². The molecule has 0 amide bonds. The summed E-state index contributed by atoms with van der Waals surface area (Å²) in [6.07, 6.45) is 0. The highest BCUT2D eigenvalue weighted by Crippen LogP contribution is 2.23. The van der Waals surface area contributed by atoms with Crippen LogP contribution in [0.4, 0.5) is 5.69 Å². The molecule has 4 heteroatoms. The fourth-order valence-electron chi connectivity index (χ4n) is 2.30. The van der Waals surface area contributed by atoms with Gasteiger partial charge in [-0.25, -0.2) is 0 Å². The highest BCUT2D eigenvalue weighted by atomic mass is 16.3. The molecule has 0 bridgehead atoms. The molecule has 0 unspecified atom stereocenters. The molecule has 2 aromatic rings. The van der Waals surface area contributed by atoms with Crippen molar-refractivity contribution in [2.45, 2.75) is 27.0 Å². The standard InChI is InChI=1S/C17H19N3O/c1-3-20(11-16-6-4-5-13(2)19-16)17-8-7-14(12-21)9-15(17)10-18/h4-9,21H,3,11-12H2,1-2H3. The molecule has 1 aromatic carbocycles. The monoisotopic (exact) mass is 281 g/mol. The van der Waals surface area contributed by atoms with Crippen LogP contribution in [-0.2, 0) is 13.2 Å². The van der Waals surface area contributed by atoms with Gasteiger partial charge in [-0.1, -0.05) is 12.1 Å². The molecule has 108 valence electrons. The average molecular weight is 281 g/mol. The van der Waals surface area contributed by atoms with E-state index in [1.54, 1.807) is 6.07 Å². The molecule has 1 N–H and O–H groups in total. The zero-order valence-corrected chi connectivity index (χ0v) is 12.4. The Hall–Kier alpha value is -2.38. The van der Waals surface area contributed by atoms with Gasteiger partial charge in [0.1, 0.15) is 6.07 Å². The van der Waals surface area contributed by atoms with Crippen LogP contribution in [0.5, 0.6) is 0 Å². The van der Waals surface area contributed by atoms with Gasteiger partial charge in [-0.3, -0.25) is 4.98 Å². The van der Waals surface area contributed by atoms with Gasteiger partial charge in [0.25, 0.3) is 0 Å². The summed E-state index contributed by atoms with van der Waals surface area (Å²) in [6.45, 7) is 5.40. The van der Waals surface area contributed by atoms with Crippen molar-refractivity contribution in [3.63, 3.8) is 0 Å². The van der Waals surface area contributed by atoms with Gasteiger partial charge >= 0.3 is 0 Å². The van der Waals surface area contributed by atoms with Gasteiger partial charge in [0.2, 0.25) is 0 Å². The van der Waals surface area contributed by atoms with E-state index in [4.69, 9.17) is 0 Å². The fraction of sp³-hybridized carbons (Fsp3) is 0.294. The number of aliphatic hydroxyl groups excluding tert-OH is 1. The fourth-order valence-corrected chi connectivity index (χ4v) is 2.30. The summed E-state index contributed by atoms with van der Waals surface area (Å²) in [5.74, 6) is 0. The molecule has 0 spiro atoms. The van der Waals surface area contributed by atoms with E-state index >= 15 is 0 Å². The van der Waals surface area contributed by atoms with Crippen LogP contribution in [-0.4, -0.2) is 16.6 Å². The van der Waals surface area contributed by atoms with Gasteiger partial charge in [0.15, 0.2) is 0 Å². The predicted octanol–water partition coefficient (Wildman–Crippen LogP) is 2.78. The lowest BCUT2D eigenvalue weighted by Gasteiger charge is -2.24. The van der Waals surface area contributed by atoms with Gasteiger partial charge in [-0.2, -0.15) is 5.26 Å². The number of pyridine rings is 1. The molecule has 0 radical (unpaired) electrons. The van der Waals surface area contributed by atoms with Crippen molar-refractivity contribution in [2.75, 3.05) is 11.4 Å². The Balaban J connectivity index is 2.31. The largest absolute Gasteiger partial charge is 0.392 e. The normalized spacial score (nSPS) is 10.2. The maximum absolute atomic E-state index is 9.32. The van der Waals surface area contributed by atoms with Crippen molar-refractivity contribution >= 4 is 5.69 Å². The second kappa shape index (κ2) is 6.87. The van der Waals surface area contributed by atoms with Crippen LogP contribution >= 0.6 is 0 Å². The average Bonchev–Trinajstić information content (AvgIpc) is 2.52. The number of benzene rings is 1. The maximum Gasteiger partial charge on any atom is 0.101 e. The summed E-state index contributed by atoms with van der Waals surface area (Å²) in [4.78, 5) is 6.62. The molecule has 1 heterocycles. The summed E-state index contributed by atoms with van der Waals surface area (Å²) in [5.41, 5.74) is 4.17. The van der Waals surface area contributed by atoms with E-state index in [0.29, 0.717) is 12.1 Å². The summed E-state index contributed by atoms with van der Waals surface area (Å²) in [6, 6.07) is 13.6. The quantitative estimate of drug-likeness (QED) is 0.915. The van der Waals surface area contributed by atoms with Crippen molar-refractivity contribution in [1.82, 2.24) is 4.98 Å². The minimum atomic E-state index is -0.0550. The Morgan fingerprint density at radius 3 is 2.71 bits per heavy atom. The minimum Gasteiger partial charge on any atom is -0.392 e. The maximum atomic E-state index is 9.32. The summed E-state index contributed by atoms with van der Waals surface area (Å²) >= 11 is 0. The molecular weight excluding hydrogens is 262 g/mol. The SMILES string of the molecule is CCN(Cc1cccc(C)n1)c1ccc(CO)cc1C#N. The molecule has 0 aliphatic rings. The van der Waals surface area contributed by atoms with Crippen molar-refractivity contribution in [1.29, 1.82) is 5.26 Å². The van der Waals surface area contributed by atoms with E-state index < -0.39 is 0 Å². The molecule has 0 aliphatic carbocycles. The van der Waals surface area contributed by atoms with Gasteiger partial charge in [0.05, 0.1) is 30.1 Å². The van der Waals surface area contributed by atoms with Crippen LogP contribution in [0.25, 0.3) is 0 Å². The molecule has 0 saturated heterocycles. The third-order valence-electron chi connectivity index (χ3n) is 3.39. The summed E-state index contributed by atoms with van der Waals surface area (Å²) < 4.78 is 0. The predicted molar refractivity (Wildman–Crippen MR) is 82.8 cm³/mol. The molecule has 2 rings (SSSR count). The first-order valence-electron chi connectivity index (χ1n) is 6.99. The number of nitrogens with zero attached hydrogens (tertiary/aromatic N) is 3. The van der Waals surface area contributed by atoms with Gasteiger partial charge in [-0.15, -0.1) is 0 Å². The zero-order chi connectivity index (χ0) is 15.2. The molecule has 0 atom stereocenters. The number of aromatic nitrogens is 1. The van der Waals surface area contributed by atoms with Crippen LogP contribution in [0.2, 0.25) is 0 Å². The van der Waals surface area contributed by atoms with Crippen LogP contribution in [0.1, 0.15) is 29.4 Å². The smallest absolute Gasteiger partial charge is 0.101 e. The number of nitriles is 1. The van der Waals surface area contributed by atoms with Gasteiger partial charge in [0, 0.05) is 12.2 Å². The second-order valence-electron chi connectivity index (χ2n) is 4.91. The minimum absolute atomic E-state index is 0.0550. The highest BCUT2D eigenvalue weighted by molar-refractivity contribution is 5.60. The highest BCUT2D eigenvalue weighted by Gasteiger charge is 2.11. The lowest BCUT2D eigenvalue weighted by Crippen LogP contribution is -2.23. The van der Waals surface area contributed by atoms with Crippen molar-refractivity contribution in [3.8, 4) is 6.07 Å². The Labute approximate surface area is 125 Å². The molecule has 0 aliphatic heterocycles. The van der Waals surface area contributed by atoms with E-state index in [1.165, 1.54) is 0 Å². The molecule has 0 saturated carbocycles. The second-order valence-corrected chi connectivity index (χ2v) is 4.91. The molecular formula is C17H19N3O. The van der Waals surface area contributed by atoms with Crippen molar-refractivity contribution in [2.24, 2.45) is 0 Å². The van der Waals surface area contributed by atoms with Gasteiger partial charge < -0.3 is 10.0 Å². The van der Waals surface area contributed by atoms with Crippen LogP contribution in [0.15, 0.2) is 36.4 Å². The molecule has 0 fully saturated rings. The number of rotatable bonds is 5. The lowest BCUT2D eigenvalue weighted by molar-refractivity contribution is 0.282. The third-order valence-corrected chi connectivity index (χ3v) is 3.39. The third kappa shape index (κ3) is 3.59. The number of anilines is 1. The Morgan fingerprint density at radius 1 is 1.29 bits per heavy atom. The first kappa shape index (κ1) is 15.0. The number of aliphatic hydroxyl groups is 1. The van der Waals surface area contributed by atoms with E-state index in [1.807, 2.05) is 37.3 Å². The Morgan fingerprint density at radius 2 is 2.10 bits per heavy atom. The van der Waals surface area contributed by atoms with E-state index in [-0.39, 0.29) is 6.61 Å². The Bertz CT molecular complexity index is 661. The number of hydrogen-bond acceptors (Lipinski definition) is 4. The molecule has 1 aromatic heterocycles. The number of aryl methyl sites for hydroxylation is 1. The summed E-state index contributed by atoms with van der Waals surface area (Å²) in [7, 11) is 0. The van der Waals surface area contributed by atoms with Crippen molar-refractivity contribution < 1.29 is 5.11 Å². The topological polar surface area (TPSA) is 60.1 Å². The van der Waals surface area contributed by atoms with E-state index in [2.05, 4.69) is 22.9 Å². The molecule has 4 nitrogen and oxygen atoms in total. The van der Waals surface area contributed by atoms with Crippen LogP contribution < -0.4 is 4.90 Å². The van der Waals surface area contributed by atoms with E-state index in [9.17, 15) is 10.4 Å². The summed E-state index contributed by atoms with van der Waals surface area (Å²) in [5, 5.41) is 18.5. The lowest BCUT2D eigenvalue weighted by atomic mass is 10.1. The first-order valence-corrected chi connectivity index (χ1v) is 6.99. The van der Waals surface area contributed by atoms with Crippen LogP contribution in [0, 0.1) is 18.3 Å². The van der Waals surface area contributed by atoms with Crippen LogP contribution in [0.3, 0.4) is 0 Å². The molecule has 21 heavy (non-hydrogen) atoms.